The van der Waals surface area contributed by atoms with Gasteiger partial charge in [-0.05, 0) is 25.0 Å². The van der Waals surface area contributed by atoms with Gasteiger partial charge in [-0.25, -0.2) is 0 Å². The zero-order valence-corrected chi connectivity index (χ0v) is 12.3. The minimum Gasteiger partial charge on any atom is -0.480 e. The molecule has 5 heteroatoms. The van der Waals surface area contributed by atoms with Gasteiger partial charge in [0, 0.05) is 11.7 Å². The average molecular weight is 281 g/mol. The predicted molar refractivity (Wildman–Crippen MR) is 78.9 cm³/mol. The van der Waals surface area contributed by atoms with Crippen LogP contribution in [0.4, 0.5) is 5.69 Å². The second-order valence-corrected chi connectivity index (χ2v) is 5.01. The number of carbonyl (C=O) groups excluding carboxylic acids is 1. The number of nitrogens with zero attached hydrogens (tertiary/aromatic N) is 1. The molecule has 0 aromatic heterocycles. The number of para-hydroxylation sites is 1. The molecule has 1 unspecified atom stereocenters. The van der Waals surface area contributed by atoms with Crippen LogP contribution in [0.15, 0.2) is 18.2 Å². The number of carboxylic acids is 1. The van der Waals surface area contributed by atoms with E-state index in [-0.39, 0.29) is 18.4 Å². The molecule has 0 heterocycles. The van der Waals surface area contributed by atoms with E-state index in [1.54, 1.807) is 6.92 Å². The first-order chi connectivity index (χ1) is 8.88. The van der Waals surface area contributed by atoms with Crippen LogP contribution in [-0.4, -0.2) is 29.3 Å². The highest BCUT2D eigenvalue weighted by Crippen LogP contribution is 2.26. The molecule has 1 aromatic carbocycles. The third-order valence-electron chi connectivity index (χ3n) is 2.96. The fourth-order valence-corrected chi connectivity index (χ4v) is 2.13. The van der Waals surface area contributed by atoms with Gasteiger partial charge in [0.2, 0.25) is 5.91 Å². The number of aryl methyl sites for hydroxylation is 2. The van der Waals surface area contributed by atoms with E-state index < -0.39 is 5.97 Å². The average Bonchev–Trinajstić information content (AvgIpc) is 2.35. The summed E-state index contributed by atoms with van der Waals surface area (Å²) in [6, 6.07) is 5.63. The summed E-state index contributed by atoms with van der Waals surface area (Å²) in [5.74, 6) is -1.17. The second kappa shape index (κ2) is 6.61. The van der Waals surface area contributed by atoms with E-state index in [2.05, 4.69) is 12.6 Å². The van der Waals surface area contributed by atoms with Crippen LogP contribution in [0.1, 0.15) is 18.1 Å². The van der Waals surface area contributed by atoms with E-state index in [0.717, 1.165) is 11.1 Å². The summed E-state index contributed by atoms with van der Waals surface area (Å²) in [7, 11) is 0. The lowest BCUT2D eigenvalue weighted by molar-refractivity contribution is -0.137. The monoisotopic (exact) mass is 281 g/mol. The number of carbonyl (C=O) groups is 2. The van der Waals surface area contributed by atoms with Crippen molar-refractivity contribution in [2.24, 2.45) is 5.92 Å². The fraction of sp³-hybridized carbons (Fsp3) is 0.429. The Kier molecular flexibility index (Phi) is 5.42. The minimum absolute atomic E-state index is 0.213. The molecule has 1 rings (SSSR count). The summed E-state index contributed by atoms with van der Waals surface area (Å²) < 4.78 is 0. The number of rotatable bonds is 5. The molecule has 1 aromatic rings. The molecule has 1 N–H and O–H groups in total. The number of anilines is 1. The van der Waals surface area contributed by atoms with Gasteiger partial charge in [0.1, 0.15) is 6.54 Å². The lowest BCUT2D eigenvalue weighted by Crippen LogP contribution is -2.40. The van der Waals surface area contributed by atoms with Crippen LogP contribution in [0.5, 0.6) is 0 Å². The van der Waals surface area contributed by atoms with Gasteiger partial charge in [0.25, 0.3) is 0 Å². The number of aliphatic carboxylic acids is 1. The van der Waals surface area contributed by atoms with Crippen molar-refractivity contribution in [1.82, 2.24) is 0 Å². The van der Waals surface area contributed by atoms with Gasteiger partial charge >= 0.3 is 5.97 Å². The molecular formula is C14H19NO3S. The van der Waals surface area contributed by atoms with Crippen molar-refractivity contribution in [3.63, 3.8) is 0 Å². The summed E-state index contributed by atoms with van der Waals surface area (Å²) in [5.41, 5.74) is 2.46. The molecule has 0 aliphatic heterocycles. The maximum absolute atomic E-state index is 12.3. The SMILES string of the molecule is Cc1cccc(C)c1N(CC(=O)O)C(=O)C(C)CS. The lowest BCUT2D eigenvalue weighted by Gasteiger charge is -2.27. The third kappa shape index (κ3) is 3.73. The summed E-state index contributed by atoms with van der Waals surface area (Å²) in [6.45, 7) is 5.16. The molecule has 1 atom stereocenters. The lowest BCUT2D eigenvalue weighted by atomic mass is 10.1. The van der Waals surface area contributed by atoms with E-state index in [9.17, 15) is 9.59 Å². The van der Waals surface area contributed by atoms with Gasteiger partial charge in [0.05, 0.1) is 5.69 Å². The van der Waals surface area contributed by atoms with E-state index in [1.807, 2.05) is 32.0 Å². The molecule has 1 amide bonds. The topological polar surface area (TPSA) is 57.6 Å². The summed E-state index contributed by atoms with van der Waals surface area (Å²) in [6.07, 6.45) is 0. The maximum atomic E-state index is 12.3. The van der Waals surface area contributed by atoms with Crippen LogP contribution in [-0.2, 0) is 9.59 Å². The van der Waals surface area contributed by atoms with Crippen LogP contribution < -0.4 is 4.90 Å². The van der Waals surface area contributed by atoms with Gasteiger partial charge in [-0.2, -0.15) is 12.6 Å². The van der Waals surface area contributed by atoms with Crippen molar-refractivity contribution in [2.75, 3.05) is 17.2 Å². The molecule has 0 aliphatic carbocycles. The van der Waals surface area contributed by atoms with E-state index in [4.69, 9.17) is 5.11 Å². The number of benzene rings is 1. The van der Waals surface area contributed by atoms with E-state index >= 15 is 0 Å². The fourth-order valence-electron chi connectivity index (χ4n) is 1.98. The standard InChI is InChI=1S/C14H19NO3S/c1-9-5-4-6-10(2)13(9)15(7-12(16)17)14(18)11(3)8-19/h4-6,11,19H,7-8H2,1-3H3,(H,16,17). The molecule has 19 heavy (non-hydrogen) atoms. The molecule has 0 saturated carbocycles. The van der Waals surface area contributed by atoms with Crippen molar-refractivity contribution < 1.29 is 14.7 Å². The van der Waals surface area contributed by atoms with E-state index in [1.165, 1.54) is 4.90 Å². The Bertz CT molecular complexity index is 467. The smallest absolute Gasteiger partial charge is 0.323 e. The van der Waals surface area contributed by atoms with Crippen molar-refractivity contribution in [3.05, 3.63) is 29.3 Å². The summed E-state index contributed by atoms with van der Waals surface area (Å²) >= 11 is 4.11. The van der Waals surface area contributed by atoms with Crippen molar-refractivity contribution in [2.45, 2.75) is 20.8 Å². The van der Waals surface area contributed by atoms with Crippen LogP contribution in [0, 0.1) is 19.8 Å². The summed E-state index contributed by atoms with van der Waals surface area (Å²) in [5, 5.41) is 9.02. The molecule has 4 nitrogen and oxygen atoms in total. The molecule has 0 aliphatic rings. The molecule has 0 spiro atoms. The van der Waals surface area contributed by atoms with Gasteiger partial charge in [-0.1, -0.05) is 25.1 Å². The Labute approximate surface area is 118 Å². The first-order valence-electron chi connectivity index (χ1n) is 6.08. The van der Waals surface area contributed by atoms with Crippen LogP contribution in [0.3, 0.4) is 0 Å². The number of carboxylic acid groups (broad SMARTS) is 1. The highest BCUT2D eigenvalue weighted by atomic mass is 32.1. The third-order valence-corrected chi connectivity index (χ3v) is 3.51. The largest absolute Gasteiger partial charge is 0.480 e. The Morgan fingerprint density at radius 2 is 1.84 bits per heavy atom. The van der Waals surface area contributed by atoms with Gasteiger partial charge in [-0.15, -0.1) is 0 Å². The number of hydrogen-bond acceptors (Lipinski definition) is 3. The number of hydrogen-bond donors (Lipinski definition) is 2. The molecule has 0 bridgehead atoms. The molecular weight excluding hydrogens is 262 g/mol. The number of thiol groups is 1. The van der Waals surface area contributed by atoms with Gasteiger partial charge in [0.15, 0.2) is 0 Å². The predicted octanol–water partition coefficient (Wildman–Crippen LogP) is 2.29. The summed E-state index contributed by atoms with van der Waals surface area (Å²) in [4.78, 5) is 24.7. The maximum Gasteiger partial charge on any atom is 0.323 e. The van der Waals surface area contributed by atoms with Crippen LogP contribution >= 0.6 is 12.6 Å². The van der Waals surface area contributed by atoms with Crippen molar-refractivity contribution in [1.29, 1.82) is 0 Å². The van der Waals surface area contributed by atoms with Crippen molar-refractivity contribution >= 4 is 30.2 Å². The van der Waals surface area contributed by atoms with Gasteiger partial charge in [-0.3, -0.25) is 9.59 Å². The van der Waals surface area contributed by atoms with Crippen molar-refractivity contribution in [3.8, 4) is 0 Å². The quantitative estimate of drug-likeness (QED) is 0.814. The zero-order valence-electron chi connectivity index (χ0n) is 11.4. The Morgan fingerprint density at radius 3 is 2.26 bits per heavy atom. The minimum atomic E-state index is -1.03. The normalized spacial score (nSPS) is 12.0. The molecule has 0 saturated heterocycles. The Hall–Kier alpha value is -1.49. The van der Waals surface area contributed by atoms with Crippen LogP contribution in [0.25, 0.3) is 0 Å². The Balaban J connectivity index is 3.24. The second-order valence-electron chi connectivity index (χ2n) is 4.64. The first-order valence-corrected chi connectivity index (χ1v) is 6.72. The molecule has 0 radical (unpaired) electrons. The number of amides is 1. The van der Waals surface area contributed by atoms with Gasteiger partial charge < -0.3 is 10.0 Å². The van der Waals surface area contributed by atoms with E-state index in [0.29, 0.717) is 11.4 Å². The Morgan fingerprint density at radius 1 is 1.32 bits per heavy atom. The highest BCUT2D eigenvalue weighted by molar-refractivity contribution is 7.80. The zero-order chi connectivity index (χ0) is 14.6. The molecule has 104 valence electrons. The first kappa shape index (κ1) is 15.6. The van der Waals surface area contributed by atoms with Crippen LogP contribution in [0.2, 0.25) is 0 Å². The highest BCUT2D eigenvalue weighted by Gasteiger charge is 2.25. The molecule has 0 fully saturated rings.